The highest BCUT2D eigenvalue weighted by atomic mass is 35.5. The summed E-state index contributed by atoms with van der Waals surface area (Å²) in [5.41, 5.74) is 2.03. The summed E-state index contributed by atoms with van der Waals surface area (Å²) in [6, 6.07) is 6.69. The fraction of sp³-hybridized carbons (Fsp3) is 0.533. The van der Waals surface area contributed by atoms with E-state index >= 15 is 0 Å². The van der Waals surface area contributed by atoms with Gasteiger partial charge >= 0.3 is 0 Å². The Morgan fingerprint density at radius 2 is 1.80 bits per heavy atom. The molecular formula is C15H24ClN3S. The van der Waals surface area contributed by atoms with Crippen molar-refractivity contribution in [3.63, 3.8) is 0 Å². The quantitative estimate of drug-likeness (QED) is 0.422. The van der Waals surface area contributed by atoms with Gasteiger partial charge in [0.05, 0.1) is 5.69 Å². The van der Waals surface area contributed by atoms with Gasteiger partial charge in [-0.05, 0) is 58.4 Å². The number of hydrogen-bond acceptors (Lipinski definition) is 3. The normalized spacial score (nSPS) is 12.1. The van der Waals surface area contributed by atoms with Crippen molar-refractivity contribution in [3.8, 4) is 0 Å². The molecule has 0 fully saturated rings. The van der Waals surface area contributed by atoms with E-state index in [1.54, 1.807) is 12.1 Å². The number of halogens is 1. The lowest BCUT2D eigenvalue weighted by Crippen LogP contribution is -2.33. The van der Waals surface area contributed by atoms with Gasteiger partial charge in [-0.25, -0.2) is 9.30 Å². The lowest BCUT2D eigenvalue weighted by Gasteiger charge is -2.31. The van der Waals surface area contributed by atoms with Crippen molar-refractivity contribution < 1.29 is 0 Å². The minimum Gasteiger partial charge on any atom is -0.297 e. The summed E-state index contributed by atoms with van der Waals surface area (Å²) < 4.78 is 4.36. The zero-order valence-electron chi connectivity index (χ0n) is 13.1. The summed E-state index contributed by atoms with van der Waals surface area (Å²) >= 11 is 7.63. The summed E-state index contributed by atoms with van der Waals surface area (Å²) in [5, 5.41) is 0.745. The molecule has 0 saturated heterocycles. The van der Waals surface area contributed by atoms with Crippen molar-refractivity contribution >= 4 is 35.8 Å². The van der Waals surface area contributed by atoms with E-state index in [2.05, 4.69) is 37.0 Å². The van der Waals surface area contributed by atoms with Crippen LogP contribution in [-0.4, -0.2) is 34.1 Å². The largest absolute Gasteiger partial charge is 0.297 e. The van der Waals surface area contributed by atoms with Crippen molar-refractivity contribution in [2.75, 3.05) is 7.05 Å². The molecule has 0 saturated carbocycles. The van der Waals surface area contributed by atoms with Crippen LogP contribution < -0.4 is 0 Å². The molecule has 0 atom stereocenters. The first-order chi connectivity index (χ1) is 9.31. The number of hydrogen-bond donors (Lipinski definition) is 0. The number of benzene rings is 1. The van der Waals surface area contributed by atoms with Crippen molar-refractivity contribution in [2.45, 2.75) is 46.7 Å². The molecule has 0 aliphatic heterocycles. The Hall–Kier alpha value is -0.710. The highest BCUT2D eigenvalue weighted by molar-refractivity contribution is 7.95. The molecule has 112 valence electrons. The van der Waals surface area contributed by atoms with Gasteiger partial charge in [0.2, 0.25) is 0 Å². The monoisotopic (exact) mass is 313 g/mol. The van der Waals surface area contributed by atoms with Crippen molar-refractivity contribution in [2.24, 2.45) is 4.99 Å². The van der Waals surface area contributed by atoms with Crippen LogP contribution in [0.25, 0.3) is 0 Å². The second-order valence-electron chi connectivity index (χ2n) is 5.35. The minimum absolute atomic E-state index is 0.480. The lowest BCUT2D eigenvalue weighted by molar-refractivity contribution is 0.329. The van der Waals surface area contributed by atoms with Gasteiger partial charge in [0.1, 0.15) is 6.34 Å². The Bertz CT molecular complexity index is 452. The van der Waals surface area contributed by atoms with Crippen LogP contribution in [0.15, 0.2) is 23.2 Å². The fourth-order valence-electron chi connectivity index (χ4n) is 1.86. The summed E-state index contributed by atoms with van der Waals surface area (Å²) in [4.78, 5) is 4.51. The molecule has 0 aromatic heterocycles. The van der Waals surface area contributed by atoms with E-state index in [0.29, 0.717) is 12.1 Å². The van der Waals surface area contributed by atoms with Crippen molar-refractivity contribution in [3.05, 3.63) is 28.8 Å². The molecule has 3 nitrogen and oxygen atoms in total. The van der Waals surface area contributed by atoms with Crippen LogP contribution in [0.2, 0.25) is 5.02 Å². The third kappa shape index (κ3) is 5.35. The van der Waals surface area contributed by atoms with Gasteiger partial charge in [-0.15, -0.1) is 0 Å². The maximum Gasteiger partial charge on any atom is 0.102 e. The minimum atomic E-state index is 0.480. The van der Waals surface area contributed by atoms with E-state index in [-0.39, 0.29) is 0 Å². The predicted octanol–water partition coefficient (Wildman–Crippen LogP) is 4.92. The molecule has 0 N–H and O–H groups in total. The Morgan fingerprint density at radius 3 is 2.30 bits per heavy atom. The maximum atomic E-state index is 5.95. The van der Waals surface area contributed by atoms with Gasteiger partial charge < -0.3 is 0 Å². The Labute approximate surface area is 132 Å². The molecule has 1 rings (SSSR count). The molecular weight excluding hydrogens is 290 g/mol. The number of aliphatic imine (C=N–C) groups is 1. The highest BCUT2D eigenvalue weighted by Gasteiger charge is 2.15. The molecule has 5 heteroatoms. The molecule has 1 aromatic rings. The lowest BCUT2D eigenvalue weighted by atomic mass is 10.2. The third-order valence-corrected chi connectivity index (χ3v) is 4.38. The molecule has 0 aliphatic carbocycles. The topological polar surface area (TPSA) is 18.8 Å². The average Bonchev–Trinajstić information content (AvgIpc) is 2.34. The van der Waals surface area contributed by atoms with E-state index < -0.39 is 0 Å². The van der Waals surface area contributed by atoms with Gasteiger partial charge in [0, 0.05) is 36.3 Å². The number of rotatable bonds is 6. The first-order valence-electron chi connectivity index (χ1n) is 6.81. The highest BCUT2D eigenvalue weighted by Crippen LogP contribution is 2.23. The molecule has 1 aromatic carbocycles. The molecule has 0 aliphatic rings. The van der Waals surface area contributed by atoms with Gasteiger partial charge in [-0.3, -0.25) is 4.31 Å². The Balaban J connectivity index is 2.69. The average molecular weight is 314 g/mol. The summed E-state index contributed by atoms with van der Waals surface area (Å²) in [7, 11) is 2.01. The predicted molar refractivity (Wildman–Crippen MR) is 91.8 cm³/mol. The van der Waals surface area contributed by atoms with Crippen LogP contribution in [0.4, 0.5) is 5.69 Å². The van der Waals surface area contributed by atoms with E-state index in [9.17, 15) is 0 Å². The van der Waals surface area contributed by atoms with Crippen molar-refractivity contribution in [1.29, 1.82) is 0 Å². The molecule has 0 bridgehead atoms. The summed E-state index contributed by atoms with van der Waals surface area (Å²) in [5.74, 6) is 0. The third-order valence-electron chi connectivity index (χ3n) is 2.76. The Morgan fingerprint density at radius 1 is 1.20 bits per heavy atom. The SMILES string of the molecule is Cc1cc(Cl)ccc1/N=C/N(C)SN(C(C)C)C(C)C. The Kier molecular flexibility index (Phi) is 6.86. The van der Waals surface area contributed by atoms with Crippen LogP contribution in [0, 0.1) is 6.92 Å². The molecule has 0 spiro atoms. The van der Waals surface area contributed by atoms with Crippen molar-refractivity contribution in [1.82, 2.24) is 8.61 Å². The van der Waals surface area contributed by atoms with Crippen LogP contribution in [0.5, 0.6) is 0 Å². The van der Waals surface area contributed by atoms with E-state index in [1.165, 1.54) is 0 Å². The number of aryl methyl sites for hydroxylation is 1. The molecule has 0 amide bonds. The van der Waals surface area contributed by atoms with Gasteiger partial charge in [0.15, 0.2) is 0 Å². The maximum absolute atomic E-state index is 5.95. The van der Waals surface area contributed by atoms with Gasteiger partial charge in [0.25, 0.3) is 0 Å². The molecule has 0 heterocycles. The molecule has 0 radical (unpaired) electrons. The zero-order chi connectivity index (χ0) is 15.3. The summed E-state index contributed by atoms with van der Waals surface area (Å²) in [6.45, 7) is 10.8. The van der Waals surface area contributed by atoms with Crippen LogP contribution in [0.3, 0.4) is 0 Å². The van der Waals surface area contributed by atoms with E-state index in [1.807, 2.05) is 42.8 Å². The van der Waals surface area contributed by atoms with Crippen LogP contribution >= 0.6 is 23.7 Å². The first kappa shape index (κ1) is 17.3. The second kappa shape index (κ2) is 7.91. The smallest absolute Gasteiger partial charge is 0.102 e. The van der Waals surface area contributed by atoms with E-state index in [0.717, 1.165) is 16.3 Å². The second-order valence-corrected chi connectivity index (χ2v) is 6.95. The summed E-state index contributed by atoms with van der Waals surface area (Å²) in [6.07, 6.45) is 1.85. The molecule has 20 heavy (non-hydrogen) atoms. The fourth-order valence-corrected chi connectivity index (χ4v) is 2.85. The van der Waals surface area contributed by atoms with Crippen LogP contribution in [0.1, 0.15) is 33.3 Å². The van der Waals surface area contributed by atoms with Gasteiger partial charge in [-0.2, -0.15) is 0 Å². The zero-order valence-corrected chi connectivity index (χ0v) is 14.7. The first-order valence-corrected chi connectivity index (χ1v) is 7.91. The number of nitrogens with zero attached hydrogens (tertiary/aromatic N) is 3. The van der Waals surface area contributed by atoms with Gasteiger partial charge in [-0.1, -0.05) is 11.6 Å². The van der Waals surface area contributed by atoms with Crippen LogP contribution in [-0.2, 0) is 0 Å². The molecule has 0 unspecified atom stereocenters. The standard InChI is InChI=1S/C15H24ClN3S/c1-11(2)19(12(3)4)20-18(6)10-17-15-8-7-14(16)9-13(15)5/h7-12H,1-6H3/b17-10+. The van der Waals surface area contributed by atoms with E-state index in [4.69, 9.17) is 11.6 Å².